The van der Waals surface area contributed by atoms with Crippen molar-refractivity contribution in [2.24, 2.45) is 15.8 Å². The quantitative estimate of drug-likeness (QED) is 0.327. The first-order valence-corrected chi connectivity index (χ1v) is 7.13. The Balaban J connectivity index is 0.00000192. The first-order valence-electron chi connectivity index (χ1n) is 7.13. The van der Waals surface area contributed by atoms with Gasteiger partial charge >= 0.3 is 0 Å². The van der Waals surface area contributed by atoms with Crippen molar-refractivity contribution >= 4 is 46.1 Å². The maximum Gasteiger partial charge on any atom is 0.209 e. The van der Waals surface area contributed by atoms with Gasteiger partial charge in [0.05, 0.1) is 6.21 Å². The molecule has 0 aliphatic rings. The molecule has 5 heteroatoms. The van der Waals surface area contributed by atoms with Crippen LogP contribution in [0.25, 0.3) is 21.5 Å². The average Bonchev–Trinajstić information content (AvgIpc) is 2.57. The van der Waals surface area contributed by atoms with Crippen molar-refractivity contribution in [2.75, 3.05) is 7.05 Å². The third-order valence-electron chi connectivity index (χ3n) is 3.86. The summed E-state index contributed by atoms with van der Waals surface area (Å²) < 4.78 is 0. The van der Waals surface area contributed by atoms with Crippen LogP contribution in [0.15, 0.2) is 58.6 Å². The molecule has 3 N–H and O–H groups in total. The number of nitrogens with zero attached hydrogens (tertiary/aromatic N) is 2. The Kier molecular flexibility index (Phi) is 5.19. The number of rotatable bonds is 2. The Hall–Kier alpha value is -2.59. The molecule has 4 nitrogen and oxygen atoms in total. The zero-order valence-corrected chi connectivity index (χ0v) is 13.9. The van der Waals surface area contributed by atoms with E-state index in [1.54, 1.807) is 7.05 Å². The minimum Gasteiger partial charge on any atom is -0.369 e. The Bertz CT molecular complexity index is 843. The lowest BCUT2D eigenvalue weighted by Crippen LogP contribution is -2.26. The molecule has 3 rings (SSSR count). The summed E-state index contributed by atoms with van der Waals surface area (Å²) in [6.07, 6.45) is 1.81. The molecule has 0 saturated heterocycles. The molecule has 0 bridgehead atoms. The first kappa shape index (κ1) is 16.8. The molecule has 0 aliphatic carbocycles. The van der Waals surface area contributed by atoms with Crippen molar-refractivity contribution in [3.8, 4) is 0 Å². The number of fused-ring (bicyclic) bond motifs is 2. The molecular formula is C18H19ClN4. The van der Waals surface area contributed by atoms with Gasteiger partial charge in [0.15, 0.2) is 0 Å². The highest BCUT2D eigenvalue weighted by atomic mass is 35.5. The van der Waals surface area contributed by atoms with E-state index in [4.69, 9.17) is 5.73 Å². The molecule has 0 aliphatic heterocycles. The zero-order chi connectivity index (χ0) is 15.5. The monoisotopic (exact) mass is 326 g/mol. The van der Waals surface area contributed by atoms with Crippen LogP contribution < -0.4 is 11.2 Å². The zero-order valence-electron chi connectivity index (χ0n) is 13.1. The lowest BCUT2D eigenvalue weighted by Gasteiger charge is -2.11. The maximum atomic E-state index is 5.61. The van der Waals surface area contributed by atoms with Gasteiger partial charge in [-0.05, 0) is 34.0 Å². The minimum absolute atomic E-state index is 0. The van der Waals surface area contributed by atoms with Gasteiger partial charge in [-0.2, -0.15) is 5.10 Å². The summed E-state index contributed by atoms with van der Waals surface area (Å²) in [5.41, 5.74) is 10.7. The number of nitrogens with two attached hydrogens (primary N) is 1. The molecule has 0 unspecified atom stereocenters. The van der Waals surface area contributed by atoms with Crippen LogP contribution in [0.5, 0.6) is 0 Å². The molecule has 3 aromatic rings. The third-order valence-corrected chi connectivity index (χ3v) is 3.86. The molecule has 0 heterocycles. The molecule has 3 aromatic carbocycles. The number of hydrogen-bond acceptors (Lipinski definition) is 2. The Labute approximate surface area is 141 Å². The van der Waals surface area contributed by atoms with Crippen LogP contribution in [0.1, 0.15) is 11.1 Å². The lowest BCUT2D eigenvalue weighted by atomic mass is 9.93. The van der Waals surface area contributed by atoms with E-state index < -0.39 is 0 Å². The highest BCUT2D eigenvalue weighted by Crippen LogP contribution is 2.31. The lowest BCUT2D eigenvalue weighted by molar-refractivity contribution is 1.01. The normalized spacial score (nSPS) is 11.8. The highest BCUT2D eigenvalue weighted by molar-refractivity contribution is 6.15. The van der Waals surface area contributed by atoms with Crippen molar-refractivity contribution in [3.05, 3.63) is 59.7 Å². The van der Waals surface area contributed by atoms with E-state index >= 15 is 0 Å². The SMILES string of the molecule is CN=C(N)NN=Cc1c2ccccc2c(C)c2ccccc12.Cl. The summed E-state index contributed by atoms with van der Waals surface area (Å²) in [5.74, 6) is 0.289. The predicted molar refractivity (Wildman–Crippen MR) is 102 cm³/mol. The first-order chi connectivity index (χ1) is 10.7. The summed E-state index contributed by atoms with van der Waals surface area (Å²) >= 11 is 0. The minimum atomic E-state index is 0. The van der Waals surface area contributed by atoms with Gasteiger partial charge in [-0.3, -0.25) is 4.99 Å². The van der Waals surface area contributed by atoms with E-state index in [2.05, 4.69) is 58.8 Å². The Morgan fingerprint density at radius 3 is 1.91 bits per heavy atom. The van der Waals surface area contributed by atoms with E-state index in [0.29, 0.717) is 0 Å². The molecule has 0 saturated carbocycles. The topological polar surface area (TPSA) is 62.8 Å². The summed E-state index contributed by atoms with van der Waals surface area (Å²) in [6.45, 7) is 2.16. The van der Waals surface area contributed by atoms with Gasteiger partial charge in [0.25, 0.3) is 0 Å². The van der Waals surface area contributed by atoms with E-state index in [1.807, 2.05) is 18.3 Å². The number of halogens is 1. The van der Waals surface area contributed by atoms with Gasteiger partial charge in [0.1, 0.15) is 0 Å². The fourth-order valence-electron chi connectivity index (χ4n) is 2.73. The van der Waals surface area contributed by atoms with Crippen molar-refractivity contribution in [1.82, 2.24) is 5.43 Å². The van der Waals surface area contributed by atoms with Crippen LogP contribution >= 0.6 is 12.4 Å². The molecule has 118 valence electrons. The van der Waals surface area contributed by atoms with Crippen molar-refractivity contribution < 1.29 is 0 Å². The van der Waals surface area contributed by atoms with Gasteiger partial charge in [-0.25, -0.2) is 5.43 Å². The average molecular weight is 327 g/mol. The number of hydrogen-bond donors (Lipinski definition) is 2. The standard InChI is InChI=1S/C18H18N4.ClH/c1-12-13-7-3-5-9-15(13)17(11-21-22-18(19)20-2)16-10-6-4-8-14(12)16;/h3-11H,1-2H3,(H3,19,20,22);1H. The van der Waals surface area contributed by atoms with Crippen LogP contribution in [0.2, 0.25) is 0 Å². The maximum absolute atomic E-state index is 5.61. The van der Waals surface area contributed by atoms with Crippen LogP contribution in [-0.4, -0.2) is 19.2 Å². The Morgan fingerprint density at radius 1 is 0.957 bits per heavy atom. The number of nitrogens with one attached hydrogen (secondary N) is 1. The van der Waals surface area contributed by atoms with Crippen LogP contribution in [0, 0.1) is 6.92 Å². The molecule has 23 heavy (non-hydrogen) atoms. The van der Waals surface area contributed by atoms with Crippen molar-refractivity contribution in [3.63, 3.8) is 0 Å². The summed E-state index contributed by atoms with van der Waals surface area (Å²) in [4.78, 5) is 3.83. The molecule has 0 radical (unpaired) electrons. The van der Waals surface area contributed by atoms with Crippen LogP contribution in [-0.2, 0) is 0 Å². The second-order valence-corrected chi connectivity index (χ2v) is 5.11. The smallest absolute Gasteiger partial charge is 0.209 e. The molecule has 0 aromatic heterocycles. The summed E-state index contributed by atoms with van der Waals surface area (Å²) in [7, 11) is 1.62. The number of benzene rings is 3. The van der Waals surface area contributed by atoms with Gasteiger partial charge < -0.3 is 5.73 Å². The molecule has 0 amide bonds. The van der Waals surface area contributed by atoms with Gasteiger partial charge in [-0.1, -0.05) is 48.5 Å². The molecule has 0 spiro atoms. The highest BCUT2D eigenvalue weighted by Gasteiger charge is 2.09. The van der Waals surface area contributed by atoms with Gasteiger partial charge in [-0.15, -0.1) is 12.4 Å². The number of aliphatic imine (C=N–C) groups is 1. The molecule has 0 atom stereocenters. The van der Waals surface area contributed by atoms with E-state index in [1.165, 1.54) is 27.1 Å². The summed E-state index contributed by atoms with van der Waals surface area (Å²) in [6, 6.07) is 16.7. The number of guanidine groups is 1. The van der Waals surface area contributed by atoms with E-state index in [-0.39, 0.29) is 18.4 Å². The number of hydrazone groups is 1. The van der Waals surface area contributed by atoms with E-state index in [9.17, 15) is 0 Å². The fourth-order valence-corrected chi connectivity index (χ4v) is 2.73. The van der Waals surface area contributed by atoms with Gasteiger partial charge in [0.2, 0.25) is 5.96 Å². The fraction of sp³-hybridized carbons (Fsp3) is 0.111. The largest absolute Gasteiger partial charge is 0.369 e. The Morgan fingerprint density at radius 2 is 1.43 bits per heavy atom. The third kappa shape index (κ3) is 3.12. The van der Waals surface area contributed by atoms with Crippen molar-refractivity contribution in [2.45, 2.75) is 6.92 Å². The molecule has 0 fully saturated rings. The molecular weight excluding hydrogens is 308 g/mol. The van der Waals surface area contributed by atoms with E-state index in [0.717, 1.165) is 5.56 Å². The second-order valence-electron chi connectivity index (χ2n) is 5.11. The number of aryl methyl sites for hydroxylation is 1. The predicted octanol–water partition coefficient (Wildman–Crippen LogP) is 3.59. The second kappa shape index (κ2) is 7.11. The van der Waals surface area contributed by atoms with Crippen molar-refractivity contribution in [1.29, 1.82) is 0 Å². The van der Waals surface area contributed by atoms with Crippen LogP contribution in [0.4, 0.5) is 0 Å². The summed E-state index contributed by atoms with van der Waals surface area (Å²) in [5, 5.41) is 9.04. The van der Waals surface area contributed by atoms with Gasteiger partial charge in [0, 0.05) is 12.6 Å². The van der Waals surface area contributed by atoms with Crippen LogP contribution in [0.3, 0.4) is 0 Å².